The first kappa shape index (κ1) is 13.8. The van der Waals surface area contributed by atoms with Gasteiger partial charge in [-0.2, -0.15) is 0 Å². The van der Waals surface area contributed by atoms with Crippen LogP contribution in [0.1, 0.15) is 24.6 Å². The Kier molecular flexibility index (Phi) is 4.37. The van der Waals surface area contributed by atoms with E-state index in [1.54, 1.807) is 11.3 Å². The van der Waals surface area contributed by atoms with Gasteiger partial charge in [-0.3, -0.25) is 9.59 Å². The van der Waals surface area contributed by atoms with Crippen LogP contribution in [0.3, 0.4) is 0 Å². The molecule has 0 aromatic carbocycles. The Labute approximate surface area is 116 Å². The van der Waals surface area contributed by atoms with E-state index < -0.39 is 0 Å². The highest BCUT2D eigenvalue weighted by atomic mass is 32.1. The molecule has 1 aliphatic rings. The highest BCUT2D eigenvalue weighted by molar-refractivity contribution is 7.11. The lowest BCUT2D eigenvalue weighted by Crippen LogP contribution is -2.28. The highest BCUT2D eigenvalue weighted by Crippen LogP contribution is 2.34. The lowest BCUT2D eigenvalue weighted by molar-refractivity contribution is -0.151. The molecule has 0 bridgehead atoms. The fourth-order valence-electron chi connectivity index (χ4n) is 2.27. The smallest absolute Gasteiger partial charge is 0.312 e. The van der Waals surface area contributed by atoms with Crippen LogP contribution in [0.15, 0.2) is 23.6 Å². The third-order valence-corrected chi connectivity index (χ3v) is 3.99. The highest BCUT2D eigenvalue weighted by Gasteiger charge is 2.30. The molecule has 4 nitrogen and oxygen atoms in total. The van der Waals surface area contributed by atoms with Crippen molar-refractivity contribution in [3.8, 4) is 0 Å². The maximum absolute atomic E-state index is 11.7. The maximum atomic E-state index is 11.7. The molecule has 1 aromatic rings. The summed E-state index contributed by atoms with van der Waals surface area (Å²) in [7, 11) is 1.37. The SMILES string of the molecule is COC(=O)[C@@H]1C=C(c2cccs2)C[C@H](OC(C)=O)C1. The van der Waals surface area contributed by atoms with E-state index in [2.05, 4.69) is 0 Å². The minimum atomic E-state index is -0.347. The van der Waals surface area contributed by atoms with Crippen molar-refractivity contribution in [2.24, 2.45) is 5.92 Å². The third-order valence-electron chi connectivity index (χ3n) is 3.04. The first-order valence-electron chi connectivity index (χ1n) is 6.09. The fraction of sp³-hybridized carbons (Fsp3) is 0.429. The summed E-state index contributed by atoms with van der Waals surface area (Å²) in [6.45, 7) is 1.39. The summed E-state index contributed by atoms with van der Waals surface area (Å²) in [4.78, 5) is 23.9. The van der Waals surface area contributed by atoms with E-state index in [4.69, 9.17) is 9.47 Å². The number of hydrogen-bond donors (Lipinski definition) is 0. The lowest BCUT2D eigenvalue weighted by atomic mass is 9.87. The van der Waals surface area contributed by atoms with Crippen LogP contribution in [0, 0.1) is 5.92 Å². The number of carbonyl (C=O) groups is 2. The van der Waals surface area contributed by atoms with E-state index in [1.807, 2.05) is 23.6 Å². The van der Waals surface area contributed by atoms with Crippen molar-refractivity contribution in [2.75, 3.05) is 7.11 Å². The van der Waals surface area contributed by atoms with Gasteiger partial charge in [-0.25, -0.2) is 0 Å². The van der Waals surface area contributed by atoms with Gasteiger partial charge >= 0.3 is 11.9 Å². The molecule has 19 heavy (non-hydrogen) atoms. The summed E-state index contributed by atoms with van der Waals surface area (Å²) in [6, 6.07) is 3.96. The second-order valence-electron chi connectivity index (χ2n) is 4.47. The molecule has 0 radical (unpaired) electrons. The molecule has 2 rings (SSSR count). The van der Waals surface area contributed by atoms with Crippen LogP contribution < -0.4 is 0 Å². The molecule has 1 heterocycles. The van der Waals surface area contributed by atoms with Crippen molar-refractivity contribution in [2.45, 2.75) is 25.9 Å². The Bertz CT molecular complexity index is 490. The summed E-state index contributed by atoms with van der Waals surface area (Å²) in [5, 5.41) is 1.98. The first-order chi connectivity index (χ1) is 9.10. The standard InChI is InChI=1S/C14H16O4S/c1-9(15)18-12-7-10(13-4-3-5-19-13)6-11(8-12)14(16)17-2/h3-6,11-12H,7-8H2,1-2H3/t11-,12+/m1/s1. The first-order valence-corrected chi connectivity index (χ1v) is 6.97. The van der Waals surface area contributed by atoms with Crippen molar-refractivity contribution >= 4 is 28.8 Å². The van der Waals surface area contributed by atoms with Crippen molar-refractivity contribution < 1.29 is 19.1 Å². The average molecular weight is 280 g/mol. The number of thiophene rings is 1. The van der Waals surface area contributed by atoms with E-state index in [9.17, 15) is 9.59 Å². The van der Waals surface area contributed by atoms with Crippen molar-refractivity contribution in [3.63, 3.8) is 0 Å². The zero-order chi connectivity index (χ0) is 13.8. The molecule has 0 aliphatic heterocycles. The Morgan fingerprint density at radius 2 is 2.21 bits per heavy atom. The second-order valence-corrected chi connectivity index (χ2v) is 5.42. The molecule has 0 spiro atoms. The summed E-state index contributed by atoms with van der Waals surface area (Å²) in [5.41, 5.74) is 1.04. The molecule has 1 aliphatic carbocycles. The minimum absolute atomic E-state index is 0.260. The fourth-order valence-corrected chi connectivity index (χ4v) is 3.04. The summed E-state index contributed by atoms with van der Waals surface area (Å²) >= 11 is 1.61. The number of carbonyl (C=O) groups excluding carboxylic acids is 2. The van der Waals surface area contributed by atoms with Crippen molar-refractivity contribution in [3.05, 3.63) is 28.5 Å². The molecule has 0 N–H and O–H groups in total. The van der Waals surface area contributed by atoms with Gasteiger partial charge in [-0.1, -0.05) is 12.1 Å². The minimum Gasteiger partial charge on any atom is -0.469 e. The van der Waals surface area contributed by atoms with E-state index in [1.165, 1.54) is 14.0 Å². The van der Waals surface area contributed by atoms with Gasteiger partial charge in [-0.15, -0.1) is 11.3 Å². The van der Waals surface area contributed by atoms with Gasteiger partial charge in [0.2, 0.25) is 0 Å². The Balaban J connectivity index is 2.22. The van der Waals surface area contributed by atoms with Gasteiger partial charge in [0.05, 0.1) is 13.0 Å². The predicted octanol–water partition coefficient (Wildman–Crippen LogP) is 2.65. The molecule has 2 atom stereocenters. The number of rotatable bonds is 3. The third kappa shape index (κ3) is 3.44. The van der Waals surface area contributed by atoms with Crippen LogP contribution in [0.4, 0.5) is 0 Å². The van der Waals surface area contributed by atoms with Crippen LogP contribution in [-0.2, 0) is 19.1 Å². The van der Waals surface area contributed by atoms with Gasteiger partial charge in [0.15, 0.2) is 0 Å². The number of ether oxygens (including phenoxy) is 2. The Hall–Kier alpha value is -1.62. The molecule has 0 fully saturated rings. The molecular weight excluding hydrogens is 264 g/mol. The van der Waals surface area contributed by atoms with Gasteiger partial charge < -0.3 is 9.47 Å². The molecule has 5 heteroatoms. The zero-order valence-electron chi connectivity index (χ0n) is 10.9. The number of esters is 2. The Morgan fingerprint density at radius 1 is 1.42 bits per heavy atom. The van der Waals surface area contributed by atoms with E-state index in [0.717, 1.165) is 10.5 Å². The van der Waals surface area contributed by atoms with Gasteiger partial charge in [0, 0.05) is 24.6 Å². The normalized spacial score (nSPS) is 22.5. The number of methoxy groups -OCH3 is 1. The maximum Gasteiger partial charge on any atom is 0.312 e. The van der Waals surface area contributed by atoms with Crippen LogP contribution in [0.2, 0.25) is 0 Å². The largest absolute Gasteiger partial charge is 0.469 e. The summed E-state index contributed by atoms with van der Waals surface area (Å²) in [6.07, 6.45) is 2.80. The van der Waals surface area contributed by atoms with E-state index >= 15 is 0 Å². The van der Waals surface area contributed by atoms with E-state index in [0.29, 0.717) is 12.8 Å². The quantitative estimate of drug-likeness (QED) is 0.799. The zero-order valence-corrected chi connectivity index (χ0v) is 11.7. The molecular formula is C14H16O4S. The molecule has 0 saturated heterocycles. The molecule has 0 saturated carbocycles. The summed E-state index contributed by atoms with van der Waals surface area (Å²) in [5.74, 6) is -0.952. The molecule has 0 unspecified atom stereocenters. The average Bonchev–Trinajstić information content (AvgIpc) is 2.90. The van der Waals surface area contributed by atoms with Crippen LogP contribution in [0.25, 0.3) is 5.57 Å². The van der Waals surface area contributed by atoms with Gasteiger partial charge in [-0.05, 0) is 17.0 Å². The van der Waals surface area contributed by atoms with Crippen LogP contribution in [0.5, 0.6) is 0 Å². The van der Waals surface area contributed by atoms with Crippen molar-refractivity contribution in [1.29, 1.82) is 0 Å². The molecule has 102 valence electrons. The van der Waals surface area contributed by atoms with Crippen LogP contribution >= 0.6 is 11.3 Å². The van der Waals surface area contributed by atoms with Crippen LogP contribution in [-0.4, -0.2) is 25.2 Å². The second kappa shape index (κ2) is 6.02. The van der Waals surface area contributed by atoms with Crippen molar-refractivity contribution in [1.82, 2.24) is 0 Å². The monoisotopic (exact) mass is 280 g/mol. The molecule has 0 amide bonds. The van der Waals surface area contributed by atoms with Gasteiger partial charge in [0.25, 0.3) is 0 Å². The topological polar surface area (TPSA) is 52.6 Å². The molecule has 1 aromatic heterocycles. The van der Waals surface area contributed by atoms with E-state index in [-0.39, 0.29) is 24.0 Å². The Morgan fingerprint density at radius 3 is 2.79 bits per heavy atom. The van der Waals surface area contributed by atoms with Gasteiger partial charge in [0.1, 0.15) is 6.10 Å². The number of hydrogen-bond acceptors (Lipinski definition) is 5. The summed E-state index contributed by atoms with van der Waals surface area (Å²) < 4.78 is 10.0. The lowest BCUT2D eigenvalue weighted by Gasteiger charge is -2.26. The predicted molar refractivity (Wildman–Crippen MR) is 72.6 cm³/mol.